The number of carbonyl (C=O) groups is 3. The molecule has 4 aliphatic rings. The van der Waals surface area contributed by atoms with Gasteiger partial charge in [0.15, 0.2) is 18.2 Å². The lowest BCUT2D eigenvalue weighted by molar-refractivity contribution is -0.319. The molecule has 4 fully saturated rings. The average Bonchev–Trinajstić information content (AvgIpc) is 3.90. The number of fused-ring (bicyclic) bond motifs is 1. The molecule has 1 aromatic carbocycles. The van der Waals surface area contributed by atoms with Crippen LogP contribution in [-0.4, -0.2) is 167 Å². The molecule has 5 heterocycles. The molecule has 0 bridgehead atoms. The quantitative estimate of drug-likeness (QED) is 0.140. The predicted molar refractivity (Wildman–Crippen MR) is 257 cm³/mol. The van der Waals surface area contributed by atoms with Crippen LogP contribution in [0, 0.1) is 23.7 Å². The van der Waals surface area contributed by atoms with Gasteiger partial charge in [0, 0.05) is 57.4 Å². The molecule has 0 radical (unpaired) electrons. The number of benzene rings is 1. The number of aromatic amines is 1. The van der Waals surface area contributed by atoms with Gasteiger partial charge in [0.1, 0.15) is 29.9 Å². The number of amides is 1. The highest BCUT2D eigenvalue weighted by Gasteiger charge is 2.61. The number of carbonyl (C=O) groups excluding carboxylic acids is 3. The van der Waals surface area contributed by atoms with Crippen LogP contribution in [0.1, 0.15) is 114 Å². The fourth-order valence-corrected chi connectivity index (χ4v) is 11.7. The fraction of sp³-hybridized carbons (Fsp3) is 0.769. The molecule has 2 aromatic rings. The minimum Gasteiger partial charge on any atom is -0.458 e. The van der Waals surface area contributed by atoms with Gasteiger partial charge in [0.2, 0.25) is 0 Å². The average molecular weight is 971 g/mol. The number of esters is 1. The number of aromatic nitrogens is 2. The number of nitrogens with one attached hydrogen (secondary N) is 1. The maximum Gasteiger partial charge on any atom is 0.410 e. The van der Waals surface area contributed by atoms with E-state index < -0.39 is 108 Å². The van der Waals surface area contributed by atoms with Gasteiger partial charge in [0.05, 0.1) is 59.5 Å². The van der Waals surface area contributed by atoms with Gasteiger partial charge in [0.25, 0.3) is 0 Å². The number of hydrogen-bond acceptors (Lipinski definition) is 15. The van der Waals surface area contributed by atoms with Crippen molar-refractivity contribution in [3.63, 3.8) is 0 Å². The Bertz CT molecular complexity index is 2020. The largest absolute Gasteiger partial charge is 0.458 e. The first-order chi connectivity index (χ1) is 32.5. The molecule has 69 heavy (non-hydrogen) atoms. The van der Waals surface area contributed by atoms with Crippen molar-refractivity contribution in [1.82, 2.24) is 19.8 Å². The summed E-state index contributed by atoms with van der Waals surface area (Å²) in [5.74, 6) is -3.07. The van der Waals surface area contributed by atoms with Gasteiger partial charge in [-0.05, 0) is 93.3 Å². The van der Waals surface area contributed by atoms with Gasteiger partial charge in [-0.25, -0.2) is 9.78 Å². The van der Waals surface area contributed by atoms with Gasteiger partial charge >= 0.3 is 12.1 Å². The van der Waals surface area contributed by atoms with Crippen molar-refractivity contribution in [2.45, 2.75) is 198 Å². The van der Waals surface area contributed by atoms with Crippen molar-refractivity contribution < 1.29 is 62.5 Å². The maximum atomic E-state index is 15.1. The first-order valence-electron chi connectivity index (χ1n) is 25.1. The normalized spacial score (nSPS) is 40.6. The summed E-state index contributed by atoms with van der Waals surface area (Å²) < 4.78 is 51.7. The molecule has 4 saturated heterocycles. The van der Waals surface area contributed by atoms with E-state index in [2.05, 4.69) is 9.97 Å². The maximum absolute atomic E-state index is 15.1. The summed E-state index contributed by atoms with van der Waals surface area (Å²) in [4.78, 5) is 55.8. The molecule has 17 nitrogen and oxygen atoms in total. The van der Waals surface area contributed by atoms with Crippen LogP contribution in [0.2, 0.25) is 0 Å². The number of aliphatic hydroxyl groups excluding tert-OH is 2. The number of likely N-dealkylation sites (N-methyl/N-ethyl adjacent to an activating group) is 1. The number of nitrogens with zero attached hydrogens (tertiary/aromatic N) is 3. The summed E-state index contributed by atoms with van der Waals surface area (Å²) in [6, 6.07) is 8.87. The van der Waals surface area contributed by atoms with Crippen LogP contribution >= 0.6 is 0 Å². The second-order valence-corrected chi connectivity index (χ2v) is 21.2. The smallest absolute Gasteiger partial charge is 0.410 e. The molecule has 0 spiro atoms. The summed E-state index contributed by atoms with van der Waals surface area (Å²) in [5.41, 5.74) is -1.76. The van der Waals surface area contributed by atoms with E-state index in [0.717, 1.165) is 17.1 Å². The number of methoxy groups -OCH3 is 2. The highest BCUT2D eigenvalue weighted by molar-refractivity contribution is 5.85. The number of aliphatic hydroxyl groups is 2. The summed E-state index contributed by atoms with van der Waals surface area (Å²) in [7, 11) is 6.87. The van der Waals surface area contributed by atoms with Crippen molar-refractivity contribution in [3.8, 4) is 11.3 Å². The second-order valence-electron chi connectivity index (χ2n) is 21.2. The summed E-state index contributed by atoms with van der Waals surface area (Å²) in [6.45, 7) is 18.5. The molecule has 1 aromatic heterocycles. The lowest BCUT2D eigenvalue weighted by Gasteiger charge is -2.50. The first kappa shape index (κ1) is 54.8. The van der Waals surface area contributed by atoms with Crippen LogP contribution < -0.4 is 0 Å². The van der Waals surface area contributed by atoms with Crippen LogP contribution in [0.4, 0.5) is 4.79 Å². The number of unbranched alkanes of at least 4 members (excludes halogenated alkanes) is 1. The van der Waals surface area contributed by atoms with Crippen LogP contribution in [-0.2, 0) is 53.9 Å². The molecular formula is C52H82N4O13. The van der Waals surface area contributed by atoms with E-state index >= 15 is 4.79 Å². The first-order valence-corrected chi connectivity index (χ1v) is 25.1. The fourth-order valence-electron chi connectivity index (χ4n) is 11.7. The van der Waals surface area contributed by atoms with Crippen molar-refractivity contribution >= 4 is 17.8 Å². The minimum absolute atomic E-state index is 0.127. The standard InChI is InChI=1S/C52H82N4O13/c1-15-38-52(10)44(56(49(61)69-52)24-20-19-23-39-53-28-36(54-39)35-21-17-16-18-22-35)31(4)41(57)29(2)26-51(9,63-14)46(68-48-42(58)37(55(11)12)25-30(3)64-48)32(5)43(33(6)47(60)66-38)67-40-27-50(8,62-13)45(59)34(7)65-40/h16-18,21-22,28-34,37-38,40,42-46,48,58-59H,15,19-20,23-27H2,1-14H3,(H,53,54)/t29-,30-,31+,32+,33-,34+,37+,38-,40+,42-,43+,44-,45+,46-,48+,50-,51-,52-/m1/s1. The number of aryl methyl sites for hydroxylation is 1. The van der Waals surface area contributed by atoms with Gasteiger partial charge in [-0.2, -0.15) is 0 Å². The third kappa shape index (κ3) is 11.6. The van der Waals surface area contributed by atoms with Gasteiger partial charge in [-0.3, -0.25) is 9.59 Å². The van der Waals surface area contributed by atoms with Crippen molar-refractivity contribution in [2.75, 3.05) is 34.9 Å². The third-order valence-corrected chi connectivity index (χ3v) is 15.9. The molecule has 0 saturated carbocycles. The summed E-state index contributed by atoms with van der Waals surface area (Å²) >= 11 is 0. The van der Waals surface area contributed by atoms with E-state index in [1.54, 1.807) is 39.7 Å². The van der Waals surface area contributed by atoms with Gasteiger partial charge in [-0.1, -0.05) is 58.0 Å². The molecule has 6 rings (SSSR count). The Hall–Kier alpha value is -3.52. The molecule has 3 N–H and O–H groups in total. The van der Waals surface area contributed by atoms with E-state index in [4.69, 9.17) is 37.9 Å². The SMILES string of the molecule is CC[C@H]1OC(=O)[C@H](C)[C@@H](O[C@H]2C[C@@](C)(OC)[C@@H](O)[C@H](C)O2)[C@H](C)[C@@H](O[C@@H]2O[C@H](C)C[C@H](N(C)C)[C@H]2O)[C@](C)(OC)C[C@@H](C)C(=O)[C@H](C)[C@H]2N(CCCCc3ncc(-c4ccccc4)[nH]3)C(=O)O[C@]12C. The van der Waals surface area contributed by atoms with Crippen LogP contribution in [0.3, 0.4) is 0 Å². The monoisotopic (exact) mass is 971 g/mol. The Balaban J connectivity index is 1.36. The minimum atomic E-state index is -1.42. The Morgan fingerprint density at radius 1 is 0.899 bits per heavy atom. The highest BCUT2D eigenvalue weighted by Crippen LogP contribution is 2.45. The van der Waals surface area contributed by atoms with Gasteiger partial charge < -0.3 is 62.9 Å². The molecule has 18 atom stereocenters. The summed E-state index contributed by atoms with van der Waals surface area (Å²) in [5, 5.41) is 23.0. The topological polar surface area (TPSA) is 201 Å². The molecule has 17 heteroatoms. The lowest BCUT2D eigenvalue weighted by atomic mass is 9.73. The van der Waals surface area contributed by atoms with E-state index in [9.17, 15) is 19.8 Å². The van der Waals surface area contributed by atoms with Crippen LogP contribution in [0.15, 0.2) is 36.5 Å². The Morgan fingerprint density at radius 3 is 2.22 bits per heavy atom. The molecule has 1 amide bonds. The van der Waals surface area contributed by atoms with Crippen LogP contribution in [0.25, 0.3) is 11.3 Å². The number of cyclic esters (lactones) is 1. The van der Waals surface area contributed by atoms with E-state index in [1.807, 2.05) is 97.1 Å². The lowest BCUT2D eigenvalue weighted by Crippen LogP contribution is -2.61. The number of ketones is 1. The number of H-pyrrole nitrogens is 1. The van der Waals surface area contributed by atoms with Crippen LogP contribution in [0.5, 0.6) is 0 Å². The molecule has 4 aliphatic heterocycles. The second kappa shape index (κ2) is 22.5. The van der Waals surface area contributed by atoms with Gasteiger partial charge in [-0.15, -0.1) is 0 Å². The van der Waals surface area contributed by atoms with Crippen molar-refractivity contribution in [3.05, 3.63) is 42.4 Å². The predicted octanol–water partition coefficient (Wildman–Crippen LogP) is 6.32. The number of imidazole rings is 1. The zero-order valence-corrected chi connectivity index (χ0v) is 43.5. The highest BCUT2D eigenvalue weighted by atomic mass is 16.7. The number of ether oxygens (including phenoxy) is 8. The third-order valence-electron chi connectivity index (χ3n) is 15.9. The number of Topliss-reactive ketones (excluding diaryl/α,β-unsaturated/α-hetero) is 1. The Morgan fingerprint density at radius 2 is 1.58 bits per heavy atom. The zero-order chi connectivity index (χ0) is 50.7. The molecular weight excluding hydrogens is 889 g/mol. The summed E-state index contributed by atoms with van der Waals surface area (Å²) in [6.07, 6.45) is -3.72. The Kier molecular flexibility index (Phi) is 17.9. The molecule has 0 aliphatic carbocycles. The molecule has 0 unspecified atom stereocenters. The van der Waals surface area contributed by atoms with Crippen molar-refractivity contribution in [1.29, 1.82) is 0 Å². The number of hydrogen-bond donors (Lipinski definition) is 3. The van der Waals surface area contributed by atoms with E-state index in [-0.39, 0.29) is 37.2 Å². The van der Waals surface area contributed by atoms with E-state index in [0.29, 0.717) is 32.2 Å². The van der Waals surface area contributed by atoms with Crippen molar-refractivity contribution in [2.24, 2.45) is 23.7 Å². The molecule has 388 valence electrons. The Labute approximate surface area is 409 Å². The zero-order valence-electron chi connectivity index (χ0n) is 43.5. The number of rotatable bonds is 14. The van der Waals surface area contributed by atoms with E-state index in [1.165, 1.54) is 7.11 Å².